The molecule has 0 aliphatic carbocycles. The zero-order valence-electron chi connectivity index (χ0n) is 15.0. The van der Waals surface area contributed by atoms with Gasteiger partial charge in [-0.05, 0) is 48.5 Å². The van der Waals surface area contributed by atoms with E-state index >= 15 is 0 Å². The minimum absolute atomic E-state index is 0.358. The minimum atomic E-state index is 0.358. The molecule has 1 aliphatic rings. The molecule has 136 valence electrons. The van der Waals surface area contributed by atoms with Crippen LogP contribution in [0.3, 0.4) is 0 Å². The van der Waals surface area contributed by atoms with Crippen LogP contribution in [0.15, 0.2) is 46.4 Å². The van der Waals surface area contributed by atoms with Crippen LogP contribution in [-0.4, -0.2) is 30.6 Å². The molecule has 4 rings (SSSR count). The van der Waals surface area contributed by atoms with Gasteiger partial charge in [-0.1, -0.05) is 12.1 Å². The van der Waals surface area contributed by atoms with E-state index in [9.17, 15) is 0 Å². The fourth-order valence-electron chi connectivity index (χ4n) is 3.55. The number of hydrogen-bond donors (Lipinski definition) is 0. The number of benzene rings is 1. The molecule has 5 nitrogen and oxygen atoms in total. The van der Waals surface area contributed by atoms with Crippen LogP contribution in [0.4, 0.5) is 0 Å². The molecular formula is C20H22N2O3S. The molecule has 0 amide bonds. The van der Waals surface area contributed by atoms with Crippen molar-refractivity contribution in [1.82, 2.24) is 9.88 Å². The number of likely N-dealkylation sites (tertiary alicyclic amines) is 1. The first kappa shape index (κ1) is 17.1. The Balaban J connectivity index is 1.52. The van der Waals surface area contributed by atoms with Gasteiger partial charge in [0.05, 0.1) is 24.8 Å². The summed E-state index contributed by atoms with van der Waals surface area (Å²) < 4.78 is 16.5. The lowest BCUT2D eigenvalue weighted by Crippen LogP contribution is -2.23. The van der Waals surface area contributed by atoms with Gasteiger partial charge in [-0.25, -0.2) is 4.98 Å². The van der Waals surface area contributed by atoms with Gasteiger partial charge in [-0.15, -0.1) is 11.3 Å². The molecule has 6 heteroatoms. The molecule has 0 saturated carbocycles. The van der Waals surface area contributed by atoms with E-state index in [4.69, 9.17) is 13.9 Å². The molecule has 1 atom stereocenters. The minimum Gasteiger partial charge on any atom is -0.493 e. The van der Waals surface area contributed by atoms with Crippen molar-refractivity contribution in [2.24, 2.45) is 0 Å². The Morgan fingerprint density at radius 1 is 1.23 bits per heavy atom. The Labute approximate surface area is 157 Å². The summed E-state index contributed by atoms with van der Waals surface area (Å²) in [6, 6.07) is 10.6. The molecule has 1 saturated heterocycles. The molecule has 3 heterocycles. The maximum absolute atomic E-state index is 5.66. The van der Waals surface area contributed by atoms with Crippen molar-refractivity contribution in [3.05, 3.63) is 53.2 Å². The maximum atomic E-state index is 5.66. The second-order valence-corrected chi connectivity index (χ2v) is 7.31. The first-order chi connectivity index (χ1) is 12.8. The summed E-state index contributed by atoms with van der Waals surface area (Å²) in [5.41, 5.74) is 2.22. The first-order valence-corrected chi connectivity index (χ1v) is 9.60. The van der Waals surface area contributed by atoms with Crippen molar-refractivity contribution in [3.63, 3.8) is 0 Å². The summed E-state index contributed by atoms with van der Waals surface area (Å²) in [4.78, 5) is 8.18. The van der Waals surface area contributed by atoms with E-state index in [-0.39, 0.29) is 0 Å². The molecule has 3 aromatic rings. The van der Waals surface area contributed by atoms with Crippen LogP contribution < -0.4 is 9.47 Å². The molecule has 1 aliphatic heterocycles. The molecule has 1 fully saturated rings. The number of nitrogens with zero attached hydrogens (tertiary/aromatic N) is 2. The summed E-state index contributed by atoms with van der Waals surface area (Å²) in [6.45, 7) is 1.84. The zero-order chi connectivity index (χ0) is 17.9. The van der Waals surface area contributed by atoms with Gasteiger partial charge in [0.15, 0.2) is 11.5 Å². The van der Waals surface area contributed by atoms with Crippen molar-refractivity contribution in [2.75, 3.05) is 20.8 Å². The lowest BCUT2D eigenvalue weighted by atomic mass is 10.0. The third kappa shape index (κ3) is 3.34. The fourth-order valence-corrected chi connectivity index (χ4v) is 4.21. The van der Waals surface area contributed by atoms with Crippen LogP contribution in [0, 0.1) is 0 Å². The SMILES string of the molecule is COc1ccc([C@H]2CCCN2Cc2coc(-c3cccs3)n2)cc1OC. The number of hydrogen-bond acceptors (Lipinski definition) is 6. The molecule has 26 heavy (non-hydrogen) atoms. The predicted molar refractivity (Wildman–Crippen MR) is 102 cm³/mol. The smallest absolute Gasteiger partial charge is 0.236 e. The monoisotopic (exact) mass is 370 g/mol. The van der Waals surface area contributed by atoms with Crippen LogP contribution in [0.25, 0.3) is 10.8 Å². The van der Waals surface area contributed by atoms with Crippen LogP contribution in [0.2, 0.25) is 0 Å². The normalized spacial score (nSPS) is 17.5. The standard InChI is InChI=1S/C20H22N2O3S/c1-23-17-8-7-14(11-18(17)24-2)16-5-3-9-22(16)12-15-13-25-20(21-15)19-6-4-10-26-19/h4,6-8,10-11,13,16H,3,5,9,12H2,1-2H3/t16-/m1/s1. The highest BCUT2D eigenvalue weighted by Gasteiger charge is 2.27. The Bertz CT molecular complexity index is 860. The van der Waals surface area contributed by atoms with Crippen molar-refractivity contribution >= 4 is 11.3 Å². The number of rotatable bonds is 6. The Kier molecular flexibility index (Phi) is 4.95. The average molecular weight is 370 g/mol. The Morgan fingerprint density at radius 3 is 2.88 bits per heavy atom. The van der Waals surface area contributed by atoms with Crippen LogP contribution in [0.1, 0.15) is 30.1 Å². The summed E-state index contributed by atoms with van der Waals surface area (Å²) in [6.07, 6.45) is 4.08. The topological polar surface area (TPSA) is 47.7 Å². The molecule has 0 unspecified atom stereocenters. The summed E-state index contributed by atoms with van der Waals surface area (Å²) >= 11 is 1.64. The molecule has 0 bridgehead atoms. The van der Waals surface area contributed by atoms with E-state index in [1.165, 1.54) is 12.0 Å². The third-order valence-electron chi connectivity index (χ3n) is 4.80. The van der Waals surface area contributed by atoms with Gasteiger partial charge in [0, 0.05) is 12.6 Å². The second-order valence-electron chi connectivity index (χ2n) is 6.36. The molecule has 1 aromatic carbocycles. The number of thiophene rings is 1. The highest BCUT2D eigenvalue weighted by atomic mass is 32.1. The van der Waals surface area contributed by atoms with Gasteiger partial charge in [0.25, 0.3) is 0 Å². The Morgan fingerprint density at radius 2 is 2.12 bits per heavy atom. The quantitative estimate of drug-likeness (QED) is 0.626. The van der Waals surface area contributed by atoms with Crippen molar-refractivity contribution in [1.29, 1.82) is 0 Å². The summed E-state index contributed by atoms with van der Waals surface area (Å²) in [5, 5.41) is 2.03. The second kappa shape index (κ2) is 7.51. The largest absolute Gasteiger partial charge is 0.493 e. The van der Waals surface area contributed by atoms with Gasteiger partial charge in [-0.3, -0.25) is 4.90 Å². The van der Waals surface area contributed by atoms with Crippen molar-refractivity contribution in [2.45, 2.75) is 25.4 Å². The number of methoxy groups -OCH3 is 2. The zero-order valence-corrected chi connectivity index (χ0v) is 15.8. The lowest BCUT2D eigenvalue weighted by Gasteiger charge is -2.24. The van der Waals surface area contributed by atoms with Gasteiger partial charge < -0.3 is 13.9 Å². The lowest BCUT2D eigenvalue weighted by molar-refractivity contribution is 0.244. The summed E-state index contributed by atoms with van der Waals surface area (Å²) in [5.74, 6) is 2.24. The molecule has 0 spiro atoms. The van der Waals surface area contributed by atoms with Crippen LogP contribution in [-0.2, 0) is 6.54 Å². The van der Waals surface area contributed by atoms with Gasteiger partial charge in [0.2, 0.25) is 5.89 Å². The van der Waals surface area contributed by atoms with Gasteiger partial charge in [0.1, 0.15) is 6.26 Å². The maximum Gasteiger partial charge on any atom is 0.236 e. The highest BCUT2D eigenvalue weighted by molar-refractivity contribution is 7.13. The van der Waals surface area contributed by atoms with Crippen LogP contribution >= 0.6 is 11.3 Å². The molecular weight excluding hydrogens is 348 g/mol. The van der Waals surface area contributed by atoms with Crippen molar-refractivity contribution < 1.29 is 13.9 Å². The van der Waals surface area contributed by atoms with E-state index in [1.807, 2.05) is 23.6 Å². The number of aromatic nitrogens is 1. The molecule has 0 N–H and O–H groups in total. The first-order valence-electron chi connectivity index (χ1n) is 8.72. The summed E-state index contributed by atoms with van der Waals surface area (Å²) in [7, 11) is 3.34. The fraction of sp³-hybridized carbons (Fsp3) is 0.350. The van der Waals surface area contributed by atoms with E-state index in [1.54, 1.807) is 31.8 Å². The number of ether oxygens (including phenoxy) is 2. The van der Waals surface area contributed by atoms with E-state index in [0.29, 0.717) is 11.9 Å². The van der Waals surface area contributed by atoms with E-state index < -0.39 is 0 Å². The molecule has 0 radical (unpaired) electrons. The predicted octanol–water partition coefficient (Wildman–Crippen LogP) is 4.76. The van der Waals surface area contributed by atoms with Gasteiger partial charge in [-0.2, -0.15) is 0 Å². The average Bonchev–Trinajstić information content (AvgIpc) is 3.42. The van der Waals surface area contributed by atoms with Crippen molar-refractivity contribution in [3.8, 4) is 22.3 Å². The van der Waals surface area contributed by atoms with Crippen LogP contribution in [0.5, 0.6) is 11.5 Å². The third-order valence-corrected chi connectivity index (χ3v) is 5.66. The van der Waals surface area contributed by atoms with Gasteiger partial charge >= 0.3 is 0 Å². The highest BCUT2D eigenvalue weighted by Crippen LogP contribution is 2.37. The number of oxazole rings is 1. The van der Waals surface area contributed by atoms with E-state index in [2.05, 4.69) is 22.0 Å². The molecule has 2 aromatic heterocycles. The Hall–Kier alpha value is -2.31. The van der Waals surface area contributed by atoms with E-state index in [0.717, 1.165) is 41.6 Å².